The van der Waals surface area contributed by atoms with Crippen LogP contribution in [0.15, 0.2) is 79.1 Å². The second kappa shape index (κ2) is 8.61. The SMILES string of the molecule is CCCCn1c(Cc2ccccc2-c2ccccc2)nnc1-c1ccncc1. The minimum Gasteiger partial charge on any atom is -0.311 e. The molecule has 0 unspecified atom stereocenters. The number of hydrogen-bond acceptors (Lipinski definition) is 3. The molecule has 4 nitrogen and oxygen atoms in total. The molecule has 0 amide bonds. The molecule has 28 heavy (non-hydrogen) atoms. The number of hydrogen-bond donors (Lipinski definition) is 0. The molecule has 0 atom stereocenters. The highest BCUT2D eigenvalue weighted by molar-refractivity contribution is 5.67. The number of nitrogens with zero attached hydrogens (tertiary/aromatic N) is 4. The van der Waals surface area contributed by atoms with E-state index in [-0.39, 0.29) is 0 Å². The first-order valence-electron chi connectivity index (χ1n) is 9.82. The zero-order valence-electron chi connectivity index (χ0n) is 16.1. The van der Waals surface area contributed by atoms with Gasteiger partial charge in [-0.3, -0.25) is 4.98 Å². The van der Waals surface area contributed by atoms with Gasteiger partial charge in [0.15, 0.2) is 5.82 Å². The number of benzene rings is 2. The third kappa shape index (κ3) is 3.86. The van der Waals surface area contributed by atoms with Gasteiger partial charge in [-0.15, -0.1) is 10.2 Å². The fraction of sp³-hybridized carbons (Fsp3) is 0.208. The molecule has 2 heterocycles. The third-order valence-corrected chi connectivity index (χ3v) is 4.95. The Bertz CT molecular complexity index is 1020. The van der Waals surface area contributed by atoms with E-state index in [1.807, 2.05) is 12.1 Å². The summed E-state index contributed by atoms with van der Waals surface area (Å²) >= 11 is 0. The van der Waals surface area contributed by atoms with Gasteiger partial charge in [0.05, 0.1) is 0 Å². The smallest absolute Gasteiger partial charge is 0.164 e. The predicted octanol–water partition coefficient (Wildman–Crippen LogP) is 5.40. The molecule has 4 rings (SSSR count). The standard InChI is InChI=1S/C24H24N4/c1-2-3-17-28-23(26-27-24(28)20-13-15-25-16-14-20)18-21-11-7-8-12-22(21)19-9-5-4-6-10-19/h4-16H,2-3,17-18H2,1H3. The lowest BCUT2D eigenvalue weighted by Gasteiger charge is -2.12. The maximum atomic E-state index is 4.57. The van der Waals surface area contributed by atoms with Crippen LogP contribution in [0.25, 0.3) is 22.5 Å². The van der Waals surface area contributed by atoms with Gasteiger partial charge < -0.3 is 4.57 Å². The van der Waals surface area contributed by atoms with Gasteiger partial charge in [0.1, 0.15) is 5.82 Å². The average Bonchev–Trinajstić information content (AvgIpc) is 3.16. The van der Waals surface area contributed by atoms with Crippen molar-refractivity contribution in [2.24, 2.45) is 0 Å². The van der Waals surface area contributed by atoms with E-state index in [1.165, 1.54) is 16.7 Å². The molecular weight excluding hydrogens is 344 g/mol. The first kappa shape index (κ1) is 18.1. The van der Waals surface area contributed by atoms with Crippen LogP contribution in [0.2, 0.25) is 0 Å². The van der Waals surface area contributed by atoms with Gasteiger partial charge in [-0.1, -0.05) is 67.9 Å². The second-order valence-corrected chi connectivity index (χ2v) is 6.88. The Morgan fingerprint density at radius 2 is 1.54 bits per heavy atom. The molecule has 0 aliphatic heterocycles. The normalized spacial score (nSPS) is 10.9. The van der Waals surface area contributed by atoms with Crippen LogP contribution < -0.4 is 0 Å². The Kier molecular flexibility index (Phi) is 5.57. The van der Waals surface area contributed by atoms with Crippen LogP contribution in [-0.2, 0) is 13.0 Å². The van der Waals surface area contributed by atoms with Crippen molar-refractivity contribution in [2.45, 2.75) is 32.7 Å². The quantitative estimate of drug-likeness (QED) is 0.439. The molecule has 0 saturated carbocycles. The van der Waals surface area contributed by atoms with Crippen molar-refractivity contribution < 1.29 is 0 Å². The Labute approximate surface area is 165 Å². The van der Waals surface area contributed by atoms with Gasteiger partial charge in [0, 0.05) is 30.9 Å². The molecule has 0 N–H and O–H groups in total. The van der Waals surface area contributed by atoms with E-state index in [2.05, 4.69) is 81.3 Å². The van der Waals surface area contributed by atoms with Crippen molar-refractivity contribution in [3.63, 3.8) is 0 Å². The second-order valence-electron chi connectivity index (χ2n) is 6.88. The summed E-state index contributed by atoms with van der Waals surface area (Å²) in [5.74, 6) is 1.92. The predicted molar refractivity (Wildman–Crippen MR) is 113 cm³/mol. The van der Waals surface area contributed by atoms with Crippen LogP contribution in [-0.4, -0.2) is 19.7 Å². The molecule has 0 fully saturated rings. The van der Waals surface area contributed by atoms with Gasteiger partial charge in [0.25, 0.3) is 0 Å². The van der Waals surface area contributed by atoms with Crippen LogP contribution in [0.4, 0.5) is 0 Å². The van der Waals surface area contributed by atoms with Gasteiger partial charge >= 0.3 is 0 Å². The largest absolute Gasteiger partial charge is 0.311 e. The minimum absolute atomic E-state index is 0.757. The molecule has 2 aromatic heterocycles. The average molecular weight is 368 g/mol. The molecule has 4 aromatic rings. The molecule has 0 radical (unpaired) electrons. The van der Waals surface area contributed by atoms with Crippen LogP contribution in [0.5, 0.6) is 0 Å². The van der Waals surface area contributed by atoms with E-state index >= 15 is 0 Å². The highest BCUT2D eigenvalue weighted by atomic mass is 15.3. The summed E-state index contributed by atoms with van der Waals surface area (Å²) in [7, 11) is 0. The van der Waals surface area contributed by atoms with Crippen LogP contribution in [0.1, 0.15) is 31.2 Å². The topological polar surface area (TPSA) is 43.6 Å². The Balaban J connectivity index is 1.72. The van der Waals surface area contributed by atoms with Gasteiger partial charge in [-0.05, 0) is 35.2 Å². The van der Waals surface area contributed by atoms with Crippen molar-refractivity contribution in [2.75, 3.05) is 0 Å². The van der Waals surface area contributed by atoms with Gasteiger partial charge in [0.2, 0.25) is 0 Å². The van der Waals surface area contributed by atoms with E-state index in [9.17, 15) is 0 Å². The summed E-state index contributed by atoms with van der Waals surface area (Å²) in [5.41, 5.74) is 4.80. The van der Waals surface area contributed by atoms with Crippen LogP contribution in [0, 0.1) is 0 Å². The third-order valence-electron chi connectivity index (χ3n) is 4.95. The lowest BCUT2D eigenvalue weighted by atomic mass is 9.97. The van der Waals surface area contributed by atoms with Crippen molar-refractivity contribution in [3.05, 3.63) is 90.5 Å². The van der Waals surface area contributed by atoms with E-state index in [0.29, 0.717) is 0 Å². The maximum Gasteiger partial charge on any atom is 0.164 e. The van der Waals surface area contributed by atoms with E-state index in [0.717, 1.165) is 43.0 Å². The zero-order valence-corrected chi connectivity index (χ0v) is 16.1. The molecule has 140 valence electrons. The number of rotatable bonds is 7. The molecule has 0 aliphatic carbocycles. The van der Waals surface area contributed by atoms with Crippen LogP contribution >= 0.6 is 0 Å². The first-order valence-corrected chi connectivity index (χ1v) is 9.82. The number of aromatic nitrogens is 4. The molecule has 4 heteroatoms. The first-order chi connectivity index (χ1) is 13.9. The van der Waals surface area contributed by atoms with E-state index in [4.69, 9.17) is 0 Å². The summed E-state index contributed by atoms with van der Waals surface area (Å²) in [6, 6.07) is 23.1. The van der Waals surface area contributed by atoms with Crippen molar-refractivity contribution in [1.29, 1.82) is 0 Å². The summed E-state index contributed by atoms with van der Waals surface area (Å²) in [6.07, 6.45) is 6.60. The number of unbranched alkanes of at least 4 members (excludes halogenated alkanes) is 1. The fourth-order valence-corrected chi connectivity index (χ4v) is 3.48. The Morgan fingerprint density at radius 3 is 2.32 bits per heavy atom. The lowest BCUT2D eigenvalue weighted by Crippen LogP contribution is -2.07. The van der Waals surface area contributed by atoms with Gasteiger partial charge in [-0.2, -0.15) is 0 Å². The van der Waals surface area contributed by atoms with Gasteiger partial charge in [-0.25, -0.2) is 0 Å². The summed E-state index contributed by atoms with van der Waals surface area (Å²) in [5, 5.41) is 9.09. The Morgan fingerprint density at radius 1 is 0.786 bits per heavy atom. The summed E-state index contributed by atoms with van der Waals surface area (Å²) in [4.78, 5) is 4.12. The van der Waals surface area contributed by atoms with Crippen molar-refractivity contribution >= 4 is 0 Å². The summed E-state index contributed by atoms with van der Waals surface area (Å²) < 4.78 is 2.26. The molecule has 0 spiro atoms. The molecule has 0 saturated heterocycles. The van der Waals surface area contributed by atoms with E-state index in [1.54, 1.807) is 12.4 Å². The summed E-state index contributed by atoms with van der Waals surface area (Å²) in [6.45, 7) is 3.13. The molecule has 0 aliphatic rings. The maximum absolute atomic E-state index is 4.57. The number of pyridine rings is 1. The Hall–Kier alpha value is -3.27. The monoisotopic (exact) mass is 368 g/mol. The molecule has 0 bridgehead atoms. The van der Waals surface area contributed by atoms with Crippen molar-refractivity contribution in [3.8, 4) is 22.5 Å². The highest BCUT2D eigenvalue weighted by Crippen LogP contribution is 2.26. The molecular formula is C24H24N4. The highest BCUT2D eigenvalue weighted by Gasteiger charge is 2.15. The van der Waals surface area contributed by atoms with Crippen molar-refractivity contribution in [1.82, 2.24) is 19.7 Å². The zero-order chi connectivity index (χ0) is 19.2. The molecule has 2 aromatic carbocycles. The lowest BCUT2D eigenvalue weighted by molar-refractivity contribution is 0.613. The fourth-order valence-electron chi connectivity index (χ4n) is 3.48. The van der Waals surface area contributed by atoms with E-state index < -0.39 is 0 Å². The van der Waals surface area contributed by atoms with Crippen LogP contribution in [0.3, 0.4) is 0 Å². The minimum atomic E-state index is 0.757.